The molecule has 10 amide bonds. The highest BCUT2D eigenvalue weighted by molar-refractivity contribution is 6.00. The SMILES string of the molecule is NCCCCCC(=O)N[C@@H](CCCCN)C(=O)N[C@@H](CCCCN)C(=O)N[C@@H](Cc1c[nH]c2ccccc12)C(=O)N[C@@H](Cc1c[nH]c2ccccc12)C(=O)N[C@@H](CCCCN)C(=O)N[C@@H](CCCCN)C(=O)N[C@@H](Cc1c[nH]c2ccccc12)C(=O)N[C@H](C(=O)N[C@@H](CCCCN)C(N)=O)C(c1ccccc1)c1ccccc1. The zero-order valence-corrected chi connectivity index (χ0v) is 64.6. The number of unbranched alkanes of at least 4 members (excludes halogenated alkanes) is 7. The van der Waals surface area contributed by atoms with Crippen LogP contribution >= 0.6 is 0 Å². The van der Waals surface area contributed by atoms with Crippen LogP contribution < -0.4 is 88.0 Å². The zero-order valence-electron chi connectivity index (χ0n) is 64.6. The highest BCUT2D eigenvalue weighted by Crippen LogP contribution is 2.30. The summed E-state index contributed by atoms with van der Waals surface area (Å²) in [7, 11) is 0. The highest BCUT2D eigenvalue weighted by Gasteiger charge is 2.39. The van der Waals surface area contributed by atoms with Crippen molar-refractivity contribution < 1.29 is 47.9 Å². The van der Waals surface area contributed by atoms with Crippen molar-refractivity contribution in [3.63, 3.8) is 0 Å². The Kier molecular flexibility index (Phi) is 36.4. The number of carbonyl (C=O) groups excluding carboxylic acids is 10. The molecule has 3 aromatic heterocycles. The summed E-state index contributed by atoms with van der Waals surface area (Å²) in [6.45, 7) is 1.94. The molecule has 113 heavy (non-hydrogen) atoms. The summed E-state index contributed by atoms with van der Waals surface area (Å²) in [5.41, 5.74) is 46.8. The first-order valence-electron chi connectivity index (χ1n) is 39.9. The minimum atomic E-state index is -1.46. The summed E-state index contributed by atoms with van der Waals surface area (Å²) in [4.78, 5) is 158. The molecule has 0 unspecified atom stereocenters. The molecule has 0 saturated heterocycles. The second-order valence-corrected chi connectivity index (χ2v) is 28.9. The van der Waals surface area contributed by atoms with Gasteiger partial charge in [0.05, 0.1) is 0 Å². The van der Waals surface area contributed by atoms with Crippen LogP contribution in [-0.4, -0.2) is 168 Å². The van der Waals surface area contributed by atoms with E-state index in [0.29, 0.717) is 125 Å². The molecule has 0 aliphatic carbocycles. The topological polar surface area (TPSA) is 508 Å². The highest BCUT2D eigenvalue weighted by atomic mass is 16.2. The average molecular weight is 1550 g/mol. The monoisotopic (exact) mass is 1550 g/mol. The number of primary amides is 1. The van der Waals surface area contributed by atoms with Gasteiger partial charge in [-0.25, -0.2) is 0 Å². The van der Waals surface area contributed by atoms with Crippen LogP contribution in [0, 0.1) is 0 Å². The van der Waals surface area contributed by atoms with E-state index in [4.69, 9.17) is 40.1 Å². The number of carbonyl (C=O) groups is 10. The Hall–Kier alpha value is -10.8. The third-order valence-electron chi connectivity index (χ3n) is 20.5. The summed E-state index contributed by atoms with van der Waals surface area (Å²) in [5.74, 6) is -7.98. The number of nitrogens with one attached hydrogen (secondary N) is 12. The van der Waals surface area contributed by atoms with E-state index >= 15 is 33.6 Å². The van der Waals surface area contributed by atoms with Crippen LogP contribution in [0.15, 0.2) is 152 Å². The number of rotatable bonds is 52. The minimum absolute atomic E-state index is 0.00516. The number of amides is 10. The van der Waals surface area contributed by atoms with Gasteiger partial charge < -0.3 is 103 Å². The lowest BCUT2D eigenvalue weighted by atomic mass is 9.84. The van der Waals surface area contributed by atoms with Crippen molar-refractivity contribution in [2.24, 2.45) is 40.1 Å². The predicted molar refractivity (Wildman–Crippen MR) is 439 cm³/mol. The van der Waals surface area contributed by atoms with Gasteiger partial charge in [0.1, 0.15) is 54.4 Å². The molecule has 26 N–H and O–H groups in total. The van der Waals surface area contributed by atoms with Crippen molar-refractivity contribution in [2.45, 2.75) is 202 Å². The second-order valence-electron chi connectivity index (χ2n) is 28.9. The normalized spacial score (nSPS) is 13.8. The molecule has 0 bridgehead atoms. The smallest absolute Gasteiger partial charge is 0.244 e. The fraction of sp³-hybridized carbons (Fsp3) is 0.452. The fourth-order valence-corrected chi connectivity index (χ4v) is 14.2. The first-order chi connectivity index (χ1) is 54.9. The summed E-state index contributed by atoms with van der Waals surface area (Å²) in [6.07, 6.45) is 12.0. The first kappa shape index (κ1) is 87.8. The van der Waals surface area contributed by atoms with Crippen molar-refractivity contribution in [3.05, 3.63) is 180 Å². The summed E-state index contributed by atoms with van der Waals surface area (Å²) >= 11 is 0. The van der Waals surface area contributed by atoms with Gasteiger partial charge in [-0.3, -0.25) is 47.9 Å². The minimum Gasteiger partial charge on any atom is -0.368 e. The average Bonchev–Trinajstić information content (AvgIpc) is 1.25. The van der Waals surface area contributed by atoms with Crippen LogP contribution in [-0.2, 0) is 67.2 Å². The number of aromatic nitrogens is 3. The molecule has 0 radical (unpaired) electrons. The van der Waals surface area contributed by atoms with Gasteiger partial charge in [-0.1, -0.05) is 122 Å². The lowest BCUT2D eigenvalue weighted by molar-refractivity contribution is -0.136. The molecule has 0 fully saturated rings. The van der Waals surface area contributed by atoms with Crippen molar-refractivity contribution in [2.75, 3.05) is 39.3 Å². The molecule has 0 aliphatic rings. The molecular formula is C84H117N19O10. The Bertz CT molecular complexity index is 4300. The molecule has 8 rings (SSSR count). The molecule has 608 valence electrons. The third-order valence-corrected chi connectivity index (χ3v) is 20.5. The van der Waals surface area contributed by atoms with Gasteiger partial charge in [-0.2, -0.15) is 0 Å². The number of para-hydroxylation sites is 3. The predicted octanol–water partition coefficient (Wildman–Crippen LogP) is 4.00. The van der Waals surface area contributed by atoms with Gasteiger partial charge in [-0.15, -0.1) is 0 Å². The van der Waals surface area contributed by atoms with E-state index in [9.17, 15) is 14.4 Å². The number of H-pyrrole nitrogens is 3. The first-order valence-corrected chi connectivity index (χ1v) is 39.9. The molecular weight excluding hydrogens is 1440 g/mol. The Morgan fingerprint density at radius 1 is 0.283 bits per heavy atom. The fourth-order valence-electron chi connectivity index (χ4n) is 14.2. The third kappa shape index (κ3) is 26.9. The van der Waals surface area contributed by atoms with Gasteiger partial charge in [0, 0.05) is 82.9 Å². The maximum Gasteiger partial charge on any atom is 0.244 e. The van der Waals surface area contributed by atoms with E-state index in [-0.39, 0.29) is 76.8 Å². The molecule has 0 aliphatic heterocycles. The quantitative estimate of drug-likeness (QED) is 0.0240. The summed E-state index contributed by atoms with van der Waals surface area (Å²) in [5, 5.41) is 28.6. The Balaban J connectivity index is 1.12. The Morgan fingerprint density at radius 3 is 0.894 bits per heavy atom. The van der Waals surface area contributed by atoms with E-state index in [1.807, 2.05) is 109 Å². The molecule has 29 heteroatoms. The standard InChI is InChI=1S/C84H117N19O10/c85-42-20-3-8-41-73(104)95-66(37-16-22-44-87)77(106)97-68(39-18-24-46-89)79(108)100-71(49-57-52-93-63-34-13-10-31-60(57)63)82(111)102-70(48-56-51-92-62-33-12-9-30-59(56)62)81(110)99-67(38-17-23-45-88)78(107)98-69(40-19-25-47-90)80(109)101-72(50-58-53-94-64-35-14-11-32-61(58)64)83(112)103-75(84(113)96-65(76(91)105)36-15-21-43-86)74(54-26-4-1-5-27-54)55-28-6-2-7-29-55/h1-2,4-7,9-14,26-35,51-53,65-72,74-75,92-94H,3,8,15-25,36-50,85-90H2,(H2,91,105)(H,95,104)(H,96,113)(H,97,106)(H,98,107)(H,99,110)(H,100,108)(H,101,109)(H,102,111)(H,103,112)/t65-,66-,67-,68-,69-,70-,71-,72-,75-/m0/s1. The number of benzene rings is 5. The Morgan fingerprint density at radius 2 is 0.558 bits per heavy atom. The van der Waals surface area contributed by atoms with Crippen LogP contribution in [0.4, 0.5) is 0 Å². The number of aromatic amines is 3. The lowest BCUT2D eigenvalue weighted by Crippen LogP contribution is -2.61. The van der Waals surface area contributed by atoms with E-state index in [1.165, 1.54) is 0 Å². The van der Waals surface area contributed by atoms with E-state index in [1.54, 1.807) is 42.9 Å². The molecule has 0 spiro atoms. The zero-order chi connectivity index (χ0) is 80.9. The van der Waals surface area contributed by atoms with Crippen LogP contribution in [0.3, 0.4) is 0 Å². The molecule has 3 heterocycles. The largest absolute Gasteiger partial charge is 0.368 e. The maximum atomic E-state index is 15.7. The van der Waals surface area contributed by atoms with Gasteiger partial charge in [-0.05, 0) is 194 Å². The number of nitrogens with two attached hydrogens (primary N) is 7. The van der Waals surface area contributed by atoms with Gasteiger partial charge in [0.2, 0.25) is 59.1 Å². The van der Waals surface area contributed by atoms with Crippen LogP contribution in [0.2, 0.25) is 0 Å². The van der Waals surface area contributed by atoms with Crippen LogP contribution in [0.1, 0.15) is 156 Å². The maximum absolute atomic E-state index is 15.7. The molecule has 5 aromatic carbocycles. The lowest BCUT2D eigenvalue weighted by Gasteiger charge is -2.31. The number of hydrogen-bond donors (Lipinski definition) is 19. The molecule has 29 nitrogen and oxygen atoms in total. The molecule has 0 saturated carbocycles. The molecule has 9 atom stereocenters. The second kappa shape index (κ2) is 46.9. The summed E-state index contributed by atoms with van der Waals surface area (Å²) < 4.78 is 0. The van der Waals surface area contributed by atoms with Crippen molar-refractivity contribution in [1.82, 2.24) is 62.8 Å². The van der Waals surface area contributed by atoms with E-state index < -0.39 is 113 Å². The van der Waals surface area contributed by atoms with Gasteiger partial charge in [0.25, 0.3) is 0 Å². The van der Waals surface area contributed by atoms with E-state index in [2.05, 4.69) is 62.8 Å². The van der Waals surface area contributed by atoms with Crippen molar-refractivity contribution >= 4 is 91.8 Å². The van der Waals surface area contributed by atoms with Crippen molar-refractivity contribution in [1.29, 1.82) is 0 Å². The van der Waals surface area contributed by atoms with Crippen molar-refractivity contribution in [3.8, 4) is 0 Å². The van der Waals surface area contributed by atoms with Gasteiger partial charge >= 0.3 is 0 Å². The van der Waals surface area contributed by atoms with E-state index in [0.717, 1.165) is 45.6 Å². The Labute approximate surface area is 660 Å². The summed E-state index contributed by atoms with van der Waals surface area (Å²) in [6, 6.07) is 28.5. The number of fused-ring (bicyclic) bond motifs is 3. The molecule has 8 aromatic rings. The van der Waals surface area contributed by atoms with Gasteiger partial charge in [0.15, 0.2) is 0 Å². The van der Waals surface area contributed by atoms with Crippen LogP contribution in [0.25, 0.3) is 32.7 Å². The van der Waals surface area contributed by atoms with Crippen LogP contribution in [0.5, 0.6) is 0 Å². The number of hydrogen-bond acceptors (Lipinski definition) is 16.